The average molecular weight is 567 g/mol. The lowest BCUT2D eigenvalue weighted by atomic mass is 9.95. The van der Waals surface area contributed by atoms with Crippen LogP contribution in [0.15, 0.2) is 42.5 Å². The number of phenolic OH excluding ortho intramolecular Hbond substituents is 2. The lowest BCUT2D eigenvalue weighted by molar-refractivity contribution is 0.464. The molecule has 0 bridgehead atoms. The Kier molecular flexibility index (Phi) is 24.3. The second kappa shape index (κ2) is 26.9. The van der Waals surface area contributed by atoms with Crippen molar-refractivity contribution in [3.8, 4) is 11.5 Å². The summed E-state index contributed by atoms with van der Waals surface area (Å²) in [7, 11) is 0. The highest BCUT2D eigenvalue weighted by molar-refractivity contribution is 5.39. The van der Waals surface area contributed by atoms with Gasteiger partial charge >= 0.3 is 0 Å². The van der Waals surface area contributed by atoms with E-state index in [1.807, 2.05) is 30.3 Å². The first-order valence-corrected chi connectivity index (χ1v) is 17.7. The predicted molar refractivity (Wildman–Crippen MR) is 181 cm³/mol. The van der Waals surface area contributed by atoms with Crippen molar-refractivity contribution >= 4 is 0 Å². The topological polar surface area (TPSA) is 40.5 Å². The summed E-state index contributed by atoms with van der Waals surface area (Å²) in [5.74, 6) is 0.972. The molecule has 2 rings (SSSR count). The Morgan fingerprint density at radius 3 is 1.22 bits per heavy atom. The lowest BCUT2D eigenvalue weighted by Gasteiger charge is -2.12. The molecule has 2 aromatic carbocycles. The minimum absolute atomic E-state index is 0.452. The van der Waals surface area contributed by atoms with Crippen molar-refractivity contribution in [3.63, 3.8) is 0 Å². The number of aromatic hydroxyl groups is 2. The van der Waals surface area contributed by atoms with Crippen molar-refractivity contribution in [2.24, 2.45) is 0 Å². The van der Waals surface area contributed by atoms with Crippen LogP contribution in [0.25, 0.3) is 0 Å². The van der Waals surface area contributed by atoms with Crippen LogP contribution in [0.2, 0.25) is 0 Å². The second-order valence-electron chi connectivity index (χ2n) is 12.2. The number of benzene rings is 2. The maximum Gasteiger partial charge on any atom is 0.119 e. The number of aryl methyl sites for hydroxylation is 2. The Balaban J connectivity index is 0.000000452. The van der Waals surface area contributed by atoms with Crippen LogP contribution in [0.3, 0.4) is 0 Å². The van der Waals surface area contributed by atoms with E-state index in [1.54, 1.807) is 6.07 Å². The van der Waals surface area contributed by atoms with Gasteiger partial charge in [-0.15, -0.1) is 0 Å². The van der Waals surface area contributed by atoms with Gasteiger partial charge in [0.1, 0.15) is 11.5 Å². The van der Waals surface area contributed by atoms with Crippen LogP contribution < -0.4 is 0 Å². The first kappa shape index (κ1) is 37.1. The monoisotopic (exact) mass is 567 g/mol. The zero-order chi connectivity index (χ0) is 29.8. The van der Waals surface area contributed by atoms with E-state index >= 15 is 0 Å². The summed E-state index contributed by atoms with van der Waals surface area (Å²) < 4.78 is 0. The summed E-state index contributed by atoms with van der Waals surface area (Å²) in [6, 6.07) is 13.8. The summed E-state index contributed by atoms with van der Waals surface area (Å²) in [6.45, 7) is 6.79. The number of hydrogen-bond acceptors (Lipinski definition) is 2. The van der Waals surface area contributed by atoms with E-state index in [0.717, 1.165) is 24.8 Å². The van der Waals surface area contributed by atoms with E-state index in [1.165, 1.54) is 146 Å². The Morgan fingerprint density at radius 2 is 0.732 bits per heavy atom. The van der Waals surface area contributed by atoms with Crippen LogP contribution in [0.5, 0.6) is 11.5 Å². The molecule has 0 aromatic heterocycles. The Morgan fingerprint density at radius 1 is 0.366 bits per heavy atom. The molecule has 234 valence electrons. The second-order valence-corrected chi connectivity index (χ2v) is 12.2. The van der Waals surface area contributed by atoms with Gasteiger partial charge in [-0.3, -0.25) is 0 Å². The quantitative estimate of drug-likeness (QED) is 0.124. The fraction of sp³-hybridized carbons (Fsp3) is 0.692. The summed E-state index contributed by atoms with van der Waals surface area (Å²) in [4.78, 5) is 0. The summed E-state index contributed by atoms with van der Waals surface area (Å²) in [6.07, 6.45) is 31.2. The molecule has 0 aliphatic rings. The van der Waals surface area contributed by atoms with Gasteiger partial charge in [-0.05, 0) is 67.3 Å². The molecular weight excluding hydrogens is 500 g/mol. The minimum Gasteiger partial charge on any atom is -0.508 e. The summed E-state index contributed by atoms with van der Waals surface area (Å²) >= 11 is 0. The number of hydrogen-bond donors (Lipinski definition) is 2. The molecule has 2 heteroatoms. The van der Waals surface area contributed by atoms with Crippen LogP contribution in [0.1, 0.15) is 172 Å². The van der Waals surface area contributed by atoms with Gasteiger partial charge in [0.05, 0.1) is 0 Å². The molecule has 0 unspecified atom stereocenters. The molecule has 2 N–H and O–H groups in total. The minimum atomic E-state index is 0.452. The third-order valence-corrected chi connectivity index (χ3v) is 8.37. The van der Waals surface area contributed by atoms with E-state index in [2.05, 4.69) is 26.8 Å². The Bertz CT molecular complexity index is 843. The van der Waals surface area contributed by atoms with Crippen molar-refractivity contribution in [3.05, 3.63) is 59.2 Å². The van der Waals surface area contributed by atoms with Crippen molar-refractivity contribution in [2.45, 2.75) is 175 Å². The van der Waals surface area contributed by atoms with E-state index in [-0.39, 0.29) is 0 Å². The normalized spacial score (nSPS) is 10.9. The molecular formula is C39H66O2. The Labute approximate surface area is 255 Å². The van der Waals surface area contributed by atoms with Gasteiger partial charge in [0, 0.05) is 0 Å². The third-order valence-electron chi connectivity index (χ3n) is 8.37. The van der Waals surface area contributed by atoms with Crippen molar-refractivity contribution < 1.29 is 10.2 Å². The molecule has 2 nitrogen and oxygen atoms in total. The number of unbranched alkanes of at least 4 members (excludes halogenated alkanes) is 18. The predicted octanol–water partition coefficient (Wildman–Crippen LogP) is 12.7. The van der Waals surface area contributed by atoms with E-state index in [0.29, 0.717) is 11.5 Å². The zero-order valence-corrected chi connectivity index (χ0v) is 27.4. The van der Waals surface area contributed by atoms with Crippen LogP contribution in [-0.4, -0.2) is 10.2 Å². The molecule has 41 heavy (non-hydrogen) atoms. The van der Waals surface area contributed by atoms with Crippen LogP contribution in [-0.2, 0) is 19.3 Å². The van der Waals surface area contributed by atoms with E-state index in [9.17, 15) is 10.2 Å². The highest BCUT2D eigenvalue weighted by Gasteiger charge is 2.07. The number of para-hydroxylation sites is 1. The SMILES string of the molecule is CCCCCCCCCc1cccc(O)c1CCCCCCCCC.CCCCCCCCCc1ccccc1O. The highest BCUT2D eigenvalue weighted by Crippen LogP contribution is 2.25. The fourth-order valence-corrected chi connectivity index (χ4v) is 5.67. The van der Waals surface area contributed by atoms with Crippen LogP contribution >= 0.6 is 0 Å². The largest absolute Gasteiger partial charge is 0.508 e. The molecule has 0 heterocycles. The number of rotatable bonds is 24. The molecule has 0 atom stereocenters. The standard InChI is InChI=1S/C24H42O.C15H24O/c1-3-5-7-9-11-13-15-18-22-19-17-21-24(25)23(22)20-16-14-12-10-8-6-4-2;1-2-3-4-5-6-7-8-11-14-12-9-10-13-15(14)16/h17,19,21,25H,3-16,18,20H2,1-2H3;9-10,12-13,16H,2-8,11H2,1H3. The molecule has 2 aromatic rings. The number of phenols is 2. The fourth-order valence-electron chi connectivity index (χ4n) is 5.67. The van der Waals surface area contributed by atoms with Crippen LogP contribution in [0, 0.1) is 0 Å². The molecule has 0 amide bonds. The van der Waals surface area contributed by atoms with E-state index < -0.39 is 0 Å². The van der Waals surface area contributed by atoms with Crippen molar-refractivity contribution in [2.75, 3.05) is 0 Å². The molecule has 0 aliphatic carbocycles. The summed E-state index contributed by atoms with van der Waals surface area (Å²) in [5.41, 5.74) is 3.71. The maximum absolute atomic E-state index is 10.3. The smallest absolute Gasteiger partial charge is 0.119 e. The maximum atomic E-state index is 10.3. The van der Waals surface area contributed by atoms with Gasteiger partial charge in [0.25, 0.3) is 0 Å². The highest BCUT2D eigenvalue weighted by atomic mass is 16.3. The Hall–Kier alpha value is -1.96. The first-order chi connectivity index (χ1) is 20.1. The zero-order valence-electron chi connectivity index (χ0n) is 27.4. The molecule has 0 saturated heterocycles. The van der Waals surface area contributed by atoms with Gasteiger partial charge in [-0.1, -0.05) is 167 Å². The third kappa shape index (κ3) is 19.7. The lowest BCUT2D eigenvalue weighted by Crippen LogP contribution is -1.96. The van der Waals surface area contributed by atoms with Crippen LogP contribution in [0.4, 0.5) is 0 Å². The molecule has 0 saturated carbocycles. The molecule has 0 aliphatic heterocycles. The summed E-state index contributed by atoms with van der Waals surface area (Å²) in [5, 5.41) is 19.8. The van der Waals surface area contributed by atoms with Crippen molar-refractivity contribution in [1.29, 1.82) is 0 Å². The van der Waals surface area contributed by atoms with E-state index in [4.69, 9.17) is 0 Å². The van der Waals surface area contributed by atoms with Gasteiger partial charge in [0.2, 0.25) is 0 Å². The van der Waals surface area contributed by atoms with Gasteiger partial charge < -0.3 is 10.2 Å². The molecule has 0 spiro atoms. The first-order valence-electron chi connectivity index (χ1n) is 17.7. The average Bonchev–Trinajstić information content (AvgIpc) is 2.98. The van der Waals surface area contributed by atoms with Gasteiger partial charge in [-0.2, -0.15) is 0 Å². The van der Waals surface area contributed by atoms with Crippen molar-refractivity contribution in [1.82, 2.24) is 0 Å². The molecule has 0 radical (unpaired) electrons. The molecule has 0 fully saturated rings. The van der Waals surface area contributed by atoms with Gasteiger partial charge in [-0.25, -0.2) is 0 Å². The van der Waals surface area contributed by atoms with Gasteiger partial charge in [0.15, 0.2) is 0 Å².